The number of benzene rings is 1. The average molecular weight is 389 g/mol. The van der Waals surface area contributed by atoms with Gasteiger partial charge in [-0.15, -0.1) is 0 Å². The van der Waals surface area contributed by atoms with Gasteiger partial charge in [-0.1, -0.05) is 11.6 Å². The molecule has 1 saturated heterocycles. The lowest BCUT2D eigenvalue weighted by Gasteiger charge is -2.27. The van der Waals surface area contributed by atoms with Crippen molar-refractivity contribution in [2.75, 3.05) is 23.9 Å². The van der Waals surface area contributed by atoms with E-state index in [1.807, 2.05) is 0 Å². The Bertz CT molecular complexity index is 839. The molecule has 1 unspecified atom stereocenters. The molecule has 25 heavy (non-hydrogen) atoms. The van der Waals surface area contributed by atoms with E-state index in [2.05, 4.69) is 5.32 Å². The van der Waals surface area contributed by atoms with E-state index in [1.165, 1.54) is 24.1 Å². The van der Waals surface area contributed by atoms with Crippen LogP contribution in [0, 0.1) is 11.2 Å². The number of carbonyl (C=O) groups excluding carboxylic acids is 2. The summed E-state index contributed by atoms with van der Waals surface area (Å²) in [5.74, 6) is -1.46. The molecule has 2 aliphatic rings. The normalized spacial score (nSPS) is 23.1. The molecule has 9 heteroatoms. The number of nitrogens with one attached hydrogen (secondary N) is 1. The minimum absolute atomic E-state index is 0.0581. The zero-order valence-electron chi connectivity index (χ0n) is 13.6. The molecule has 0 bridgehead atoms. The van der Waals surface area contributed by atoms with Gasteiger partial charge in [0.2, 0.25) is 11.8 Å². The van der Waals surface area contributed by atoms with Crippen LogP contribution in [-0.2, 0) is 19.4 Å². The molecule has 0 spiro atoms. The first-order valence-corrected chi connectivity index (χ1v) is 10.1. The van der Waals surface area contributed by atoms with Gasteiger partial charge in [-0.25, -0.2) is 12.8 Å². The number of hydrogen-bond donors (Lipinski definition) is 1. The zero-order chi connectivity index (χ0) is 18.4. The van der Waals surface area contributed by atoms with Gasteiger partial charge in [0.25, 0.3) is 0 Å². The predicted molar refractivity (Wildman–Crippen MR) is 91.5 cm³/mol. The molecular weight excluding hydrogens is 371 g/mol. The molecule has 0 radical (unpaired) electrons. The van der Waals surface area contributed by atoms with Crippen molar-refractivity contribution >= 4 is 38.9 Å². The number of amides is 2. The summed E-state index contributed by atoms with van der Waals surface area (Å²) in [6.45, 7) is 0. The zero-order valence-corrected chi connectivity index (χ0v) is 15.2. The molecular formula is C16H18ClFN2O4S. The number of carbonyl (C=O) groups is 2. The summed E-state index contributed by atoms with van der Waals surface area (Å²) in [5, 5.41) is 2.48. The van der Waals surface area contributed by atoms with E-state index in [0.717, 1.165) is 6.07 Å². The Labute approximate surface area is 150 Å². The molecule has 0 aromatic heterocycles. The van der Waals surface area contributed by atoms with Crippen LogP contribution in [0.5, 0.6) is 0 Å². The van der Waals surface area contributed by atoms with E-state index in [9.17, 15) is 22.4 Å². The lowest BCUT2D eigenvalue weighted by molar-refractivity contribution is -0.142. The number of rotatable bonds is 4. The quantitative estimate of drug-likeness (QED) is 0.798. The Morgan fingerprint density at radius 2 is 2.04 bits per heavy atom. The van der Waals surface area contributed by atoms with Crippen LogP contribution in [0.2, 0.25) is 5.02 Å². The fraction of sp³-hybridized carbons (Fsp3) is 0.500. The van der Waals surface area contributed by atoms with Crippen molar-refractivity contribution < 1.29 is 22.4 Å². The van der Waals surface area contributed by atoms with Gasteiger partial charge >= 0.3 is 0 Å². The maximum absolute atomic E-state index is 13.2. The smallest absolute Gasteiger partial charge is 0.240 e. The molecule has 1 aliphatic carbocycles. The minimum Gasteiger partial charge on any atom is -0.341 e. The molecule has 2 amide bonds. The van der Waals surface area contributed by atoms with Gasteiger partial charge in [0.1, 0.15) is 11.2 Å². The largest absolute Gasteiger partial charge is 0.341 e. The van der Waals surface area contributed by atoms with Gasteiger partial charge in [0, 0.05) is 18.8 Å². The average Bonchev–Trinajstić information content (AvgIpc) is 3.28. The van der Waals surface area contributed by atoms with Crippen LogP contribution in [0.15, 0.2) is 18.2 Å². The summed E-state index contributed by atoms with van der Waals surface area (Å²) in [6, 6.07) is 3.38. The Kier molecular flexibility index (Phi) is 4.53. The van der Waals surface area contributed by atoms with Crippen LogP contribution in [0.25, 0.3) is 0 Å². The number of anilines is 1. The molecule has 6 nitrogen and oxygen atoms in total. The molecule has 1 N–H and O–H groups in total. The first-order chi connectivity index (χ1) is 11.6. The van der Waals surface area contributed by atoms with Gasteiger partial charge in [0.15, 0.2) is 9.84 Å². The van der Waals surface area contributed by atoms with Crippen molar-refractivity contribution in [3.63, 3.8) is 0 Å². The van der Waals surface area contributed by atoms with Crippen LogP contribution < -0.4 is 5.32 Å². The monoisotopic (exact) mass is 388 g/mol. The Hall–Kier alpha value is -1.67. The highest BCUT2D eigenvalue weighted by molar-refractivity contribution is 7.91. The van der Waals surface area contributed by atoms with Gasteiger partial charge < -0.3 is 10.2 Å². The van der Waals surface area contributed by atoms with E-state index < -0.39 is 33.0 Å². The lowest BCUT2D eigenvalue weighted by Crippen LogP contribution is -2.46. The van der Waals surface area contributed by atoms with Crippen LogP contribution in [0.1, 0.15) is 19.3 Å². The van der Waals surface area contributed by atoms with Gasteiger partial charge in [-0.05, 0) is 37.5 Å². The van der Waals surface area contributed by atoms with Crippen molar-refractivity contribution in [1.82, 2.24) is 4.90 Å². The molecule has 1 saturated carbocycles. The molecule has 3 rings (SSSR count). The third kappa shape index (κ3) is 3.50. The molecule has 1 aliphatic heterocycles. The van der Waals surface area contributed by atoms with Crippen molar-refractivity contribution in [1.29, 1.82) is 0 Å². The van der Waals surface area contributed by atoms with E-state index in [0.29, 0.717) is 24.9 Å². The second kappa shape index (κ2) is 6.25. The Morgan fingerprint density at radius 3 is 2.56 bits per heavy atom. The first-order valence-electron chi connectivity index (χ1n) is 7.89. The molecule has 2 fully saturated rings. The van der Waals surface area contributed by atoms with E-state index in [-0.39, 0.29) is 22.4 Å². The fourth-order valence-corrected chi connectivity index (χ4v) is 5.03. The molecule has 1 heterocycles. The Balaban J connectivity index is 1.71. The molecule has 136 valence electrons. The van der Waals surface area contributed by atoms with Crippen molar-refractivity contribution in [3.8, 4) is 0 Å². The fourth-order valence-electron chi connectivity index (χ4n) is 3.07. The van der Waals surface area contributed by atoms with Crippen molar-refractivity contribution in [3.05, 3.63) is 29.0 Å². The molecule has 1 aromatic rings. The summed E-state index contributed by atoms with van der Waals surface area (Å²) in [7, 11) is -1.58. The summed E-state index contributed by atoms with van der Waals surface area (Å²) in [5.41, 5.74) is -0.872. The molecule has 1 aromatic carbocycles. The number of halogens is 2. The first kappa shape index (κ1) is 18.1. The van der Waals surface area contributed by atoms with Crippen LogP contribution in [0.3, 0.4) is 0 Å². The minimum atomic E-state index is -3.12. The van der Waals surface area contributed by atoms with Gasteiger partial charge in [0.05, 0.1) is 16.5 Å². The molecule has 1 atom stereocenters. The van der Waals surface area contributed by atoms with Crippen molar-refractivity contribution in [2.24, 2.45) is 5.41 Å². The summed E-state index contributed by atoms with van der Waals surface area (Å²) >= 11 is 5.69. The third-order valence-corrected chi connectivity index (χ3v) is 6.89. The second-order valence-corrected chi connectivity index (χ2v) is 9.27. The third-order valence-electron chi connectivity index (χ3n) is 4.85. The second-order valence-electron chi connectivity index (χ2n) is 6.64. The maximum Gasteiger partial charge on any atom is 0.240 e. The maximum atomic E-state index is 13.2. The standard InChI is InChI=1S/C16H18ClFN2O4S/c1-20(11-4-7-25(23,24)9-11)15(22)16(5-6-16)14(21)19-10-2-3-13(18)12(17)8-10/h2-3,8,11H,4-7,9H2,1H3,(H,19,21). The highest BCUT2D eigenvalue weighted by Gasteiger charge is 2.58. The summed E-state index contributed by atoms with van der Waals surface area (Å²) in [4.78, 5) is 26.7. The highest BCUT2D eigenvalue weighted by Crippen LogP contribution is 2.48. The van der Waals surface area contributed by atoms with Gasteiger partial charge in [-0.2, -0.15) is 0 Å². The predicted octanol–water partition coefficient (Wildman–Crippen LogP) is 1.84. The van der Waals surface area contributed by atoms with Crippen LogP contribution in [-0.4, -0.2) is 49.7 Å². The number of hydrogen-bond acceptors (Lipinski definition) is 4. The number of nitrogens with zero attached hydrogens (tertiary/aromatic N) is 1. The van der Waals surface area contributed by atoms with Crippen LogP contribution in [0.4, 0.5) is 10.1 Å². The van der Waals surface area contributed by atoms with E-state index in [1.54, 1.807) is 0 Å². The SMILES string of the molecule is CN(C(=O)C1(C(=O)Nc2ccc(F)c(Cl)c2)CC1)C1CCS(=O)(=O)C1. The lowest BCUT2D eigenvalue weighted by atomic mass is 10.0. The van der Waals surface area contributed by atoms with Gasteiger partial charge in [-0.3, -0.25) is 9.59 Å². The Morgan fingerprint density at radius 1 is 1.36 bits per heavy atom. The number of sulfone groups is 1. The topological polar surface area (TPSA) is 83.6 Å². The van der Waals surface area contributed by atoms with Crippen molar-refractivity contribution in [2.45, 2.75) is 25.3 Å². The summed E-state index contributed by atoms with van der Waals surface area (Å²) in [6.07, 6.45) is 1.18. The van der Waals surface area contributed by atoms with Crippen LogP contribution >= 0.6 is 11.6 Å². The highest BCUT2D eigenvalue weighted by atomic mass is 35.5. The summed E-state index contributed by atoms with van der Waals surface area (Å²) < 4.78 is 36.4. The van der Waals surface area contributed by atoms with E-state index >= 15 is 0 Å². The van der Waals surface area contributed by atoms with E-state index in [4.69, 9.17) is 11.6 Å².